The largest absolute Gasteiger partial charge is 0.381 e. The monoisotopic (exact) mass is 363 g/mol. The third-order valence-electron chi connectivity index (χ3n) is 4.56. The summed E-state index contributed by atoms with van der Waals surface area (Å²) in [5, 5.41) is 10.1. The summed E-state index contributed by atoms with van der Waals surface area (Å²) < 4.78 is 27.6. The summed E-state index contributed by atoms with van der Waals surface area (Å²) in [5.41, 5.74) is 1.87. The molecule has 8 heteroatoms. The van der Waals surface area contributed by atoms with E-state index in [-0.39, 0.29) is 4.90 Å². The Morgan fingerprint density at radius 1 is 1.12 bits per heavy atom. The lowest BCUT2D eigenvalue weighted by atomic mass is 10.1. The molecule has 25 heavy (non-hydrogen) atoms. The molecule has 0 spiro atoms. The molecular weight excluding hydrogens is 338 g/mol. The van der Waals surface area contributed by atoms with E-state index in [1.54, 1.807) is 26.1 Å². The van der Waals surface area contributed by atoms with Crippen molar-refractivity contribution in [1.29, 1.82) is 0 Å². The summed E-state index contributed by atoms with van der Waals surface area (Å²) in [6, 6.07) is 4.02. The number of aromatic amines is 1. The van der Waals surface area contributed by atoms with Gasteiger partial charge in [-0.15, -0.1) is 0 Å². The zero-order chi connectivity index (χ0) is 17.9. The van der Waals surface area contributed by atoms with Gasteiger partial charge in [0.2, 0.25) is 0 Å². The van der Waals surface area contributed by atoms with Crippen LogP contribution in [0.2, 0.25) is 0 Å². The number of sulfonamides is 1. The topological polar surface area (TPSA) is 99.8 Å². The molecule has 3 rings (SSSR count). The average Bonchev–Trinajstić information content (AvgIpc) is 2.75. The van der Waals surface area contributed by atoms with Gasteiger partial charge in [0.15, 0.2) is 0 Å². The van der Waals surface area contributed by atoms with E-state index in [0.717, 1.165) is 5.69 Å². The summed E-state index contributed by atoms with van der Waals surface area (Å²) in [7, 11) is -3.70. The van der Waals surface area contributed by atoms with Crippen molar-refractivity contribution >= 4 is 21.5 Å². The molecule has 7 nitrogen and oxygen atoms in total. The van der Waals surface area contributed by atoms with Crippen molar-refractivity contribution in [3.05, 3.63) is 29.7 Å². The van der Waals surface area contributed by atoms with Gasteiger partial charge in [-0.3, -0.25) is 9.82 Å². The smallest absolute Gasteiger partial charge is 0.266 e. The van der Waals surface area contributed by atoms with Gasteiger partial charge in [0.1, 0.15) is 10.7 Å². The Morgan fingerprint density at radius 3 is 2.40 bits per heavy atom. The molecule has 0 bridgehead atoms. The third kappa shape index (κ3) is 4.31. The molecule has 0 aliphatic heterocycles. The fourth-order valence-electron chi connectivity index (χ4n) is 3.32. The summed E-state index contributed by atoms with van der Waals surface area (Å²) in [6.45, 7) is 3.34. The molecule has 2 aromatic rings. The summed E-state index contributed by atoms with van der Waals surface area (Å²) in [6.07, 6.45) is 9.16. The maximum absolute atomic E-state index is 12.5. The van der Waals surface area contributed by atoms with Crippen LogP contribution in [-0.4, -0.2) is 29.6 Å². The molecule has 1 aliphatic rings. The number of rotatable bonds is 5. The van der Waals surface area contributed by atoms with Crippen molar-refractivity contribution in [2.45, 2.75) is 63.3 Å². The summed E-state index contributed by atoms with van der Waals surface area (Å²) in [4.78, 5) is 4.41. The number of nitrogens with zero attached hydrogens (tertiary/aromatic N) is 2. The highest BCUT2D eigenvalue weighted by atomic mass is 32.2. The van der Waals surface area contributed by atoms with E-state index in [2.05, 4.69) is 25.2 Å². The van der Waals surface area contributed by atoms with E-state index in [1.165, 1.54) is 38.5 Å². The minimum Gasteiger partial charge on any atom is -0.381 e. The predicted molar refractivity (Wildman–Crippen MR) is 98.2 cm³/mol. The summed E-state index contributed by atoms with van der Waals surface area (Å²) >= 11 is 0. The second-order valence-electron chi connectivity index (χ2n) is 6.63. The van der Waals surface area contributed by atoms with E-state index in [4.69, 9.17) is 0 Å². The highest BCUT2D eigenvalue weighted by molar-refractivity contribution is 7.92. The number of anilines is 2. The Labute approximate surface area is 148 Å². The maximum Gasteiger partial charge on any atom is 0.266 e. The number of aryl methyl sites for hydroxylation is 2. The molecule has 0 saturated heterocycles. The SMILES string of the molecule is Cc1n[nH]c(C)c1S(=O)(=O)Nc1ccc(NC2CCCCCC2)cn1. The number of hydrogen-bond donors (Lipinski definition) is 3. The van der Waals surface area contributed by atoms with Crippen LogP contribution in [0.15, 0.2) is 23.2 Å². The first-order chi connectivity index (χ1) is 12.0. The van der Waals surface area contributed by atoms with Gasteiger partial charge < -0.3 is 5.32 Å². The molecule has 1 fully saturated rings. The minimum absolute atomic E-state index is 0.176. The second kappa shape index (κ2) is 7.43. The van der Waals surface area contributed by atoms with Crippen LogP contribution >= 0.6 is 0 Å². The van der Waals surface area contributed by atoms with Crippen molar-refractivity contribution in [2.75, 3.05) is 10.0 Å². The first-order valence-corrected chi connectivity index (χ1v) is 10.2. The highest BCUT2D eigenvalue weighted by Gasteiger charge is 2.22. The predicted octanol–water partition coefficient (Wildman–Crippen LogP) is 3.36. The Balaban J connectivity index is 1.68. The van der Waals surface area contributed by atoms with Crippen LogP contribution in [-0.2, 0) is 10.0 Å². The van der Waals surface area contributed by atoms with Gasteiger partial charge in [0, 0.05) is 6.04 Å². The number of H-pyrrole nitrogens is 1. The molecule has 2 aromatic heterocycles. The lowest BCUT2D eigenvalue weighted by Gasteiger charge is -2.17. The van der Waals surface area contributed by atoms with E-state index >= 15 is 0 Å². The molecule has 1 aliphatic carbocycles. The van der Waals surface area contributed by atoms with Gasteiger partial charge in [-0.2, -0.15) is 5.10 Å². The Kier molecular flexibility index (Phi) is 5.27. The molecule has 1 saturated carbocycles. The molecule has 0 radical (unpaired) electrons. The van der Waals surface area contributed by atoms with Crippen molar-refractivity contribution in [2.24, 2.45) is 0 Å². The van der Waals surface area contributed by atoms with Crippen LogP contribution in [0.1, 0.15) is 49.9 Å². The number of aromatic nitrogens is 3. The van der Waals surface area contributed by atoms with Gasteiger partial charge >= 0.3 is 0 Å². The van der Waals surface area contributed by atoms with Crippen LogP contribution in [0, 0.1) is 13.8 Å². The van der Waals surface area contributed by atoms with Gasteiger partial charge in [0.05, 0.1) is 23.3 Å². The lowest BCUT2D eigenvalue weighted by molar-refractivity contribution is 0.600. The fourth-order valence-corrected chi connectivity index (χ4v) is 4.71. The van der Waals surface area contributed by atoms with Crippen LogP contribution in [0.4, 0.5) is 11.5 Å². The molecule has 0 atom stereocenters. The lowest BCUT2D eigenvalue weighted by Crippen LogP contribution is -2.19. The van der Waals surface area contributed by atoms with Crippen LogP contribution in [0.3, 0.4) is 0 Å². The Bertz CT molecular complexity index is 787. The highest BCUT2D eigenvalue weighted by Crippen LogP contribution is 2.23. The fraction of sp³-hybridized carbons (Fsp3) is 0.529. The van der Waals surface area contributed by atoms with Crippen molar-refractivity contribution < 1.29 is 8.42 Å². The molecular formula is C17H25N5O2S. The maximum atomic E-state index is 12.5. The third-order valence-corrected chi connectivity index (χ3v) is 6.17. The van der Waals surface area contributed by atoms with Gasteiger partial charge in [-0.1, -0.05) is 25.7 Å². The number of hydrogen-bond acceptors (Lipinski definition) is 5. The molecule has 3 N–H and O–H groups in total. The van der Waals surface area contributed by atoms with Gasteiger partial charge in [-0.25, -0.2) is 13.4 Å². The van der Waals surface area contributed by atoms with Crippen LogP contribution in [0.25, 0.3) is 0 Å². The average molecular weight is 363 g/mol. The van der Waals surface area contributed by atoms with Crippen molar-refractivity contribution in [3.63, 3.8) is 0 Å². The van der Waals surface area contributed by atoms with Gasteiger partial charge in [0.25, 0.3) is 10.0 Å². The number of nitrogens with one attached hydrogen (secondary N) is 3. The molecule has 0 unspecified atom stereocenters. The first-order valence-electron chi connectivity index (χ1n) is 8.73. The first kappa shape index (κ1) is 17.7. The van der Waals surface area contributed by atoms with E-state index in [9.17, 15) is 8.42 Å². The van der Waals surface area contributed by atoms with Crippen molar-refractivity contribution in [1.82, 2.24) is 15.2 Å². The van der Waals surface area contributed by atoms with E-state index < -0.39 is 10.0 Å². The summed E-state index contributed by atoms with van der Waals surface area (Å²) in [5.74, 6) is 0.298. The van der Waals surface area contributed by atoms with E-state index in [1.807, 2.05) is 6.07 Å². The standard InChI is InChI=1S/C17H25N5O2S/c1-12-17(13(2)21-20-12)25(23,24)22-16-10-9-15(11-18-16)19-14-7-5-3-4-6-8-14/h9-11,14,19H,3-8H2,1-2H3,(H,18,22)(H,20,21). The normalized spacial score (nSPS) is 16.4. The Morgan fingerprint density at radius 2 is 1.84 bits per heavy atom. The van der Waals surface area contributed by atoms with E-state index in [0.29, 0.717) is 23.2 Å². The zero-order valence-corrected chi connectivity index (χ0v) is 15.5. The van der Waals surface area contributed by atoms with Gasteiger partial charge in [-0.05, 0) is 38.8 Å². The molecule has 136 valence electrons. The van der Waals surface area contributed by atoms with Crippen LogP contribution < -0.4 is 10.0 Å². The molecule has 0 aromatic carbocycles. The number of pyridine rings is 1. The minimum atomic E-state index is -3.70. The second-order valence-corrected chi connectivity index (χ2v) is 8.25. The molecule has 2 heterocycles. The Hall–Kier alpha value is -2.09. The van der Waals surface area contributed by atoms with Crippen molar-refractivity contribution in [3.8, 4) is 0 Å². The molecule has 0 amide bonds. The van der Waals surface area contributed by atoms with Crippen LogP contribution in [0.5, 0.6) is 0 Å². The quantitative estimate of drug-likeness (QED) is 0.707. The zero-order valence-electron chi connectivity index (χ0n) is 14.7.